The fourth-order valence-corrected chi connectivity index (χ4v) is 19.0. The third-order valence-electron chi connectivity index (χ3n) is 15.4. The fourth-order valence-electron chi connectivity index (χ4n) is 12.7. The van der Waals surface area contributed by atoms with Crippen LogP contribution in [0.1, 0.15) is 76.6 Å². The molecular weight excluding hydrogens is 701 g/mol. The molecule has 1 heterocycles. The van der Waals surface area contributed by atoms with Crippen molar-refractivity contribution in [1.29, 1.82) is 0 Å². The molecule has 3 unspecified atom stereocenters. The van der Waals surface area contributed by atoms with Crippen LogP contribution in [0.5, 0.6) is 0 Å². The summed E-state index contributed by atoms with van der Waals surface area (Å²) < 4.78 is 0. The van der Waals surface area contributed by atoms with Crippen LogP contribution in [0.15, 0.2) is 157 Å². The highest BCUT2D eigenvalue weighted by Crippen LogP contribution is 2.60. The lowest BCUT2D eigenvalue weighted by Gasteiger charge is -2.50. The molecule has 0 bridgehead atoms. The molecule has 0 spiro atoms. The Balaban J connectivity index is 1.31. The van der Waals surface area contributed by atoms with Gasteiger partial charge in [0, 0.05) is 10.8 Å². The van der Waals surface area contributed by atoms with Crippen LogP contribution in [0.3, 0.4) is 0 Å². The van der Waals surface area contributed by atoms with Gasteiger partial charge in [-0.15, -0.1) is 0 Å². The Kier molecular flexibility index (Phi) is 6.56. The largest absolute Gasteiger partial charge is 0.159 e. The van der Waals surface area contributed by atoms with E-state index in [0.717, 1.165) is 12.8 Å². The molecule has 12 rings (SSSR count). The van der Waals surface area contributed by atoms with Crippen LogP contribution in [0.25, 0.3) is 60.1 Å². The first-order valence-corrected chi connectivity index (χ1v) is 23.1. The van der Waals surface area contributed by atoms with Crippen molar-refractivity contribution < 1.29 is 0 Å². The van der Waals surface area contributed by atoms with Crippen LogP contribution in [-0.4, -0.2) is 8.07 Å². The van der Waals surface area contributed by atoms with Crippen LogP contribution in [0.2, 0.25) is 5.04 Å². The maximum Gasteiger partial charge on any atom is 0.159 e. The highest BCUT2D eigenvalue weighted by molar-refractivity contribution is 7.16. The van der Waals surface area contributed by atoms with Gasteiger partial charge in [0.1, 0.15) is 0 Å². The van der Waals surface area contributed by atoms with E-state index in [0.29, 0.717) is 5.92 Å². The summed E-state index contributed by atoms with van der Waals surface area (Å²) in [5.41, 5.74) is 14.4. The van der Waals surface area contributed by atoms with Gasteiger partial charge in [-0.1, -0.05) is 187 Å². The van der Waals surface area contributed by atoms with E-state index in [2.05, 4.69) is 193 Å². The molecule has 7 aromatic rings. The van der Waals surface area contributed by atoms with E-state index in [-0.39, 0.29) is 15.9 Å². The Labute approximate surface area is 338 Å². The van der Waals surface area contributed by atoms with Crippen LogP contribution in [0.4, 0.5) is 0 Å². The average Bonchev–Trinajstić information content (AvgIpc) is 3.45. The van der Waals surface area contributed by atoms with Gasteiger partial charge >= 0.3 is 0 Å². The summed E-state index contributed by atoms with van der Waals surface area (Å²) in [5.74, 6) is 0.551. The maximum absolute atomic E-state index is 2.71. The summed E-state index contributed by atoms with van der Waals surface area (Å²) >= 11 is 0. The van der Waals surface area contributed by atoms with Crippen LogP contribution in [-0.2, 0) is 10.8 Å². The minimum absolute atomic E-state index is 0.0293. The second-order valence-corrected chi connectivity index (χ2v) is 23.4. The predicted molar refractivity (Wildman–Crippen MR) is 247 cm³/mol. The van der Waals surface area contributed by atoms with E-state index in [4.69, 9.17) is 0 Å². The molecule has 0 nitrogen and oxygen atoms in total. The number of fused-ring (bicyclic) bond motifs is 10. The lowest BCUT2D eigenvalue weighted by Crippen LogP contribution is -2.74. The van der Waals surface area contributed by atoms with E-state index in [9.17, 15) is 0 Å². The van der Waals surface area contributed by atoms with Crippen molar-refractivity contribution in [1.82, 2.24) is 0 Å². The molecule has 0 amide bonds. The highest BCUT2D eigenvalue weighted by Gasteiger charge is 2.56. The fraction of sp³-hybridized carbons (Fsp3) is 0.214. The first-order valence-electron chi connectivity index (χ1n) is 21.1. The molecule has 3 atom stereocenters. The van der Waals surface area contributed by atoms with Gasteiger partial charge in [0.25, 0.3) is 0 Å². The summed E-state index contributed by atoms with van der Waals surface area (Å²) in [5, 5.41) is 13.0. The minimum atomic E-state index is -2.71. The van der Waals surface area contributed by atoms with Crippen LogP contribution < -0.4 is 15.6 Å². The lowest BCUT2D eigenvalue weighted by molar-refractivity contribution is 0.563. The van der Waals surface area contributed by atoms with Crippen molar-refractivity contribution >= 4 is 61.5 Å². The molecule has 1 aliphatic heterocycles. The number of hydrogen-bond donors (Lipinski definition) is 0. The predicted octanol–water partition coefficient (Wildman–Crippen LogP) is 12.8. The minimum Gasteiger partial charge on any atom is -0.0839 e. The monoisotopic (exact) mass is 748 g/mol. The zero-order valence-corrected chi connectivity index (χ0v) is 34.9. The second-order valence-electron chi connectivity index (χ2n) is 19.1. The van der Waals surface area contributed by atoms with E-state index in [1.807, 2.05) is 0 Å². The number of rotatable bonds is 2. The summed E-state index contributed by atoms with van der Waals surface area (Å²) in [6, 6.07) is 45.8. The SMILES string of the molecule is CC1C=CC2=C(C1)C(C)(C)c1cc3c4c(c5cc6c7c(cccc7c5cc4c12)[Si](c1ccccc1)(C1(C)C=CC=CC1)c1ccccc1-6)-c1ccccc1C3(C)C. The standard InChI is InChI=1S/C56H48Si/c1-34-26-27-39-45(30-34)55(4,5)46-33-47-53-43(50(39)46)31-40-37-22-17-25-49-51(37)41(32-42(40)52(53)38-21-11-13-23-44(38)54(47,2)3)36-20-12-14-24-48(36)57(49,35-18-9-7-10-19-35)56(6)28-15-8-16-29-56/h7-28,31-34H,29-30H2,1-6H3. The Morgan fingerprint density at radius 2 is 1.32 bits per heavy atom. The summed E-state index contributed by atoms with van der Waals surface area (Å²) in [7, 11) is -2.71. The molecule has 57 heavy (non-hydrogen) atoms. The molecular formula is C56H48Si. The Hall–Kier alpha value is -5.50. The first-order chi connectivity index (χ1) is 27.6. The zero-order chi connectivity index (χ0) is 38.6. The van der Waals surface area contributed by atoms with E-state index in [1.54, 1.807) is 10.8 Å². The summed E-state index contributed by atoms with van der Waals surface area (Å²) in [4.78, 5) is 0. The maximum atomic E-state index is 2.65. The van der Waals surface area contributed by atoms with Gasteiger partial charge in [0.05, 0.1) is 0 Å². The van der Waals surface area contributed by atoms with Crippen LogP contribution >= 0.6 is 0 Å². The zero-order valence-electron chi connectivity index (χ0n) is 33.9. The molecule has 0 fully saturated rings. The first kappa shape index (κ1) is 33.6. The molecule has 0 saturated heterocycles. The van der Waals surface area contributed by atoms with Crippen molar-refractivity contribution in [2.75, 3.05) is 0 Å². The molecule has 0 aromatic heterocycles. The van der Waals surface area contributed by atoms with Crippen molar-refractivity contribution in [2.45, 2.75) is 70.3 Å². The van der Waals surface area contributed by atoms with Gasteiger partial charge in [-0.2, -0.15) is 0 Å². The Bertz CT molecular complexity index is 3090. The third kappa shape index (κ3) is 3.99. The van der Waals surface area contributed by atoms with Crippen molar-refractivity contribution in [3.05, 3.63) is 180 Å². The summed E-state index contributed by atoms with van der Waals surface area (Å²) in [6.45, 7) is 14.8. The van der Waals surface area contributed by atoms with Gasteiger partial charge in [-0.05, 0) is 134 Å². The van der Waals surface area contributed by atoms with Gasteiger partial charge < -0.3 is 0 Å². The topological polar surface area (TPSA) is 0 Å². The number of hydrogen-bond acceptors (Lipinski definition) is 0. The molecule has 5 aliphatic rings. The van der Waals surface area contributed by atoms with Crippen molar-refractivity contribution in [2.24, 2.45) is 5.92 Å². The van der Waals surface area contributed by atoms with Gasteiger partial charge in [0.15, 0.2) is 8.07 Å². The Morgan fingerprint density at radius 1 is 0.561 bits per heavy atom. The van der Waals surface area contributed by atoms with Gasteiger partial charge in [-0.25, -0.2) is 0 Å². The normalized spacial score (nSPS) is 24.1. The van der Waals surface area contributed by atoms with Crippen molar-refractivity contribution in [3.63, 3.8) is 0 Å². The second kappa shape index (κ2) is 11.1. The van der Waals surface area contributed by atoms with Crippen molar-refractivity contribution in [3.8, 4) is 22.3 Å². The molecule has 1 heteroatoms. The number of allylic oxidation sites excluding steroid dienone is 8. The van der Waals surface area contributed by atoms with Gasteiger partial charge in [0.2, 0.25) is 0 Å². The lowest BCUT2D eigenvalue weighted by atomic mass is 9.65. The molecule has 0 N–H and O–H groups in total. The van der Waals surface area contributed by atoms with Crippen LogP contribution in [0, 0.1) is 5.92 Å². The summed E-state index contributed by atoms with van der Waals surface area (Å²) in [6.07, 6.45) is 16.6. The molecule has 7 aromatic carbocycles. The Morgan fingerprint density at radius 3 is 2.12 bits per heavy atom. The van der Waals surface area contributed by atoms with Gasteiger partial charge in [-0.3, -0.25) is 0 Å². The average molecular weight is 749 g/mol. The third-order valence-corrected chi connectivity index (χ3v) is 21.2. The van der Waals surface area contributed by atoms with E-state index >= 15 is 0 Å². The molecule has 276 valence electrons. The number of benzene rings is 7. The molecule has 4 aliphatic carbocycles. The molecule has 0 saturated carbocycles. The highest BCUT2D eigenvalue weighted by atomic mass is 28.3. The smallest absolute Gasteiger partial charge is 0.0839 e. The quantitative estimate of drug-likeness (QED) is 0.0938. The van der Waals surface area contributed by atoms with E-state index < -0.39 is 8.07 Å². The van der Waals surface area contributed by atoms with E-state index in [1.165, 1.54) is 92.8 Å². The molecule has 0 radical (unpaired) electrons.